The first-order chi connectivity index (χ1) is 9.81. The van der Waals surface area contributed by atoms with Gasteiger partial charge >= 0.3 is 6.18 Å². The number of aliphatic hydroxyl groups excluding tert-OH is 1. The smallest absolute Gasteiger partial charge is 0.419 e. The van der Waals surface area contributed by atoms with Crippen LogP contribution in [0.15, 0.2) is 18.2 Å². The van der Waals surface area contributed by atoms with Gasteiger partial charge < -0.3 is 9.84 Å². The molecule has 2 rings (SSSR count). The summed E-state index contributed by atoms with van der Waals surface area (Å²) in [5.41, 5.74) is 0.153. The van der Waals surface area contributed by atoms with Crippen molar-refractivity contribution in [1.29, 1.82) is 0 Å². The van der Waals surface area contributed by atoms with Gasteiger partial charge in [0.25, 0.3) is 0 Å². The largest absolute Gasteiger partial charge is 0.486 e. The Kier molecular flexibility index (Phi) is 4.53. The summed E-state index contributed by atoms with van der Waals surface area (Å²) < 4.78 is 44.2. The lowest BCUT2D eigenvalue weighted by Gasteiger charge is -2.14. The van der Waals surface area contributed by atoms with Gasteiger partial charge in [-0.15, -0.1) is 11.3 Å². The predicted octanol–water partition coefficient (Wildman–Crippen LogP) is 3.85. The number of benzene rings is 1. The lowest BCUT2D eigenvalue weighted by molar-refractivity contribution is -0.139. The monoisotopic (exact) mass is 317 g/mol. The van der Waals surface area contributed by atoms with Gasteiger partial charge in [-0.25, -0.2) is 4.98 Å². The molecule has 0 aliphatic heterocycles. The van der Waals surface area contributed by atoms with Crippen LogP contribution in [0.2, 0.25) is 0 Å². The van der Waals surface area contributed by atoms with Gasteiger partial charge in [-0.1, -0.05) is 6.07 Å². The number of hydrogen-bond donors (Lipinski definition) is 1. The molecule has 0 unspecified atom stereocenters. The van der Waals surface area contributed by atoms with Crippen molar-refractivity contribution in [3.8, 4) is 5.75 Å². The fourth-order valence-electron chi connectivity index (χ4n) is 1.76. The number of alkyl halides is 3. The Bertz CT molecular complexity index is 618. The second-order valence-corrected chi connectivity index (χ2v) is 5.81. The number of nitrogens with zero attached hydrogens (tertiary/aromatic N) is 1. The summed E-state index contributed by atoms with van der Waals surface area (Å²) in [5, 5.41) is 9.57. The van der Waals surface area contributed by atoms with Crippen LogP contribution in [0.1, 0.15) is 26.7 Å². The Morgan fingerprint density at radius 2 is 2.00 bits per heavy atom. The van der Waals surface area contributed by atoms with Crippen LogP contribution in [0.4, 0.5) is 13.2 Å². The van der Waals surface area contributed by atoms with E-state index in [-0.39, 0.29) is 17.9 Å². The van der Waals surface area contributed by atoms with Crippen molar-refractivity contribution < 1.29 is 23.0 Å². The molecule has 0 amide bonds. The minimum atomic E-state index is -4.53. The third-order valence-electron chi connectivity index (χ3n) is 2.96. The average Bonchev–Trinajstić information content (AvgIpc) is 2.74. The molecule has 0 bridgehead atoms. The van der Waals surface area contributed by atoms with Crippen LogP contribution >= 0.6 is 11.3 Å². The molecule has 7 heteroatoms. The summed E-state index contributed by atoms with van der Waals surface area (Å²) in [6, 6.07) is 3.53. The third-order valence-corrected chi connectivity index (χ3v) is 4.00. The van der Waals surface area contributed by atoms with Gasteiger partial charge in [-0.3, -0.25) is 0 Å². The van der Waals surface area contributed by atoms with E-state index in [1.807, 2.05) is 13.8 Å². The molecular formula is C14H14F3NO2S. The van der Waals surface area contributed by atoms with Gasteiger partial charge in [-0.05, 0) is 31.5 Å². The maximum Gasteiger partial charge on any atom is 0.419 e. The minimum Gasteiger partial charge on any atom is -0.486 e. The highest BCUT2D eigenvalue weighted by Gasteiger charge is 2.34. The van der Waals surface area contributed by atoms with E-state index in [0.717, 1.165) is 16.6 Å². The van der Waals surface area contributed by atoms with E-state index >= 15 is 0 Å². The van der Waals surface area contributed by atoms with Crippen molar-refractivity contribution in [3.05, 3.63) is 44.9 Å². The highest BCUT2D eigenvalue weighted by Crippen LogP contribution is 2.37. The van der Waals surface area contributed by atoms with E-state index < -0.39 is 18.3 Å². The normalized spacial score (nSPS) is 11.7. The molecule has 114 valence electrons. The molecule has 0 saturated carbocycles. The quantitative estimate of drug-likeness (QED) is 0.931. The van der Waals surface area contributed by atoms with Crippen LogP contribution in [0.3, 0.4) is 0 Å². The number of hydrogen-bond acceptors (Lipinski definition) is 4. The van der Waals surface area contributed by atoms with Gasteiger partial charge in [0.15, 0.2) is 0 Å². The minimum absolute atomic E-state index is 0.0130. The lowest BCUT2D eigenvalue weighted by atomic mass is 10.1. The highest BCUT2D eigenvalue weighted by atomic mass is 32.1. The van der Waals surface area contributed by atoms with E-state index in [0.29, 0.717) is 5.01 Å². The molecule has 21 heavy (non-hydrogen) atoms. The number of ether oxygens (including phenoxy) is 1. The Labute approximate surface area is 124 Å². The fraction of sp³-hybridized carbons (Fsp3) is 0.357. The second kappa shape index (κ2) is 6.03. The number of halogens is 3. The van der Waals surface area contributed by atoms with Crippen molar-refractivity contribution in [3.63, 3.8) is 0 Å². The molecule has 0 atom stereocenters. The average molecular weight is 317 g/mol. The Morgan fingerprint density at radius 3 is 2.52 bits per heavy atom. The van der Waals surface area contributed by atoms with Gasteiger partial charge in [-0.2, -0.15) is 13.2 Å². The molecule has 0 fully saturated rings. The molecule has 1 aromatic heterocycles. The highest BCUT2D eigenvalue weighted by molar-refractivity contribution is 7.11. The molecule has 0 saturated heterocycles. The van der Waals surface area contributed by atoms with Gasteiger partial charge in [0.1, 0.15) is 17.4 Å². The van der Waals surface area contributed by atoms with E-state index in [1.165, 1.54) is 23.5 Å². The van der Waals surface area contributed by atoms with Crippen LogP contribution in [-0.2, 0) is 19.4 Å². The van der Waals surface area contributed by atoms with Crippen molar-refractivity contribution in [2.24, 2.45) is 0 Å². The molecule has 0 aliphatic carbocycles. The lowest BCUT2D eigenvalue weighted by Crippen LogP contribution is -2.09. The molecule has 3 nitrogen and oxygen atoms in total. The second-order valence-electron chi connectivity index (χ2n) is 4.52. The van der Waals surface area contributed by atoms with Crippen molar-refractivity contribution in [2.75, 3.05) is 0 Å². The number of thiazole rings is 1. The SMILES string of the molecule is Cc1nc(COc2ccc(CO)cc2C(F)(F)F)sc1C. The van der Waals surface area contributed by atoms with E-state index in [1.54, 1.807) is 0 Å². The maximum absolute atomic E-state index is 13.0. The molecule has 2 aromatic rings. The fourth-order valence-corrected chi connectivity index (χ4v) is 2.61. The van der Waals surface area contributed by atoms with Gasteiger partial charge in [0.2, 0.25) is 0 Å². The van der Waals surface area contributed by atoms with Crippen LogP contribution < -0.4 is 4.74 Å². The summed E-state index contributed by atoms with van der Waals surface area (Å²) in [6.07, 6.45) is -4.53. The molecular weight excluding hydrogens is 303 g/mol. The zero-order valence-corrected chi connectivity index (χ0v) is 12.3. The molecule has 0 aliphatic rings. The number of aryl methyl sites for hydroxylation is 2. The van der Waals surface area contributed by atoms with Crippen LogP contribution in [0.5, 0.6) is 5.75 Å². The summed E-state index contributed by atoms with van der Waals surface area (Å²) in [7, 11) is 0. The number of aromatic nitrogens is 1. The number of aliphatic hydroxyl groups is 1. The summed E-state index contributed by atoms with van der Waals surface area (Å²) in [4.78, 5) is 5.24. The van der Waals surface area contributed by atoms with E-state index in [4.69, 9.17) is 9.84 Å². The Morgan fingerprint density at radius 1 is 1.29 bits per heavy atom. The first-order valence-corrected chi connectivity index (χ1v) is 6.99. The van der Waals surface area contributed by atoms with Crippen LogP contribution in [0.25, 0.3) is 0 Å². The van der Waals surface area contributed by atoms with Crippen molar-refractivity contribution in [1.82, 2.24) is 4.98 Å². The first-order valence-electron chi connectivity index (χ1n) is 6.18. The zero-order valence-electron chi connectivity index (χ0n) is 11.5. The Hall–Kier alpha value is -1.60. The molecule has 1 heterocycles. The number of rotatable bonds is 4. The first kappa shape index (κ1) is 15.8. The summed E-state index contributed by atoms with van der Waals surface area (Å²) in [5.74, 6) is -0.259. The van der Waals surface area contributed by atoms with Crippen molar-refractivity contribution in [2.45, 2.75) is 33.2 Å². The summed E-state index contributed by atoms with van der Waals surface area (Å²) in [6.45, 7) is 3.27. The van der Waals surface area contributed by atoms with Gasteiger partial charge in [0, 0.05) is 4.88 Å². The van der Waals surface area contributed by atoms with Crippen LogP contribution in [-0.4, -0.2) is 10.1 Å². The molecule has 0 spiro atoms. The van der Waals surface area contributed by atoms with Crippen LogP contribution in [0, 0.1) is 13.8 Å². The zero-order chi connectivity index (χ0) is 15.6. The summed E-state index contributed by atoms with van der Waals surface area (Å²) >= 11 is 1.40. The van der Waals surface area contributed by atoms with Gasteiger partial charge in [0.05, 0.1) is 17.9 Å². The maximum atomic E-state index is 13.0. The van der Waals surface area contributed by atoms with E-state index in [2.05, 4.69) is 4.98 Å². The molecule has 1 N–H and O–H groups in total. The molecule has 0 radical (unpaired) electrons. The predicted molar refractivity (Wildman–Crippen MR) is 73.3 cm³/mol. The topological polar surface area (TPSA) is 42.4 Å². The Balaban J connectivity index is 2.23. The third kappa shape index (κ3) is 3.74. The van der Waals surface area contributed by atoms with E-state index in [9.17, 15) is 13.2 Å². The molecule has 1 aromatic carbocycles. The standard InChI is InChI=1S/C14H14F3NO2S/c1-8-9(2)21-13(18-8)7-20-12-4-3-10(6-19)5-11(12)14(15,16)17/h3-5,19H,6-7H2,1-2H3. The van der Waals surface area contributed by atoms with Crippen molar-refractivity contribution >= 4 is 11.3 Å².